The van der Waals surface area contributed by atoms with E-state index in [9.17, 15) is 9.59 Å². The standard InChI is InChI=1S/C12H22O4.Ba.2H/c1-4-5-6-7-8-12(9(2)3,10(13)14)11(15)16;;;/h9H,4-8H2,1-3H3,(H,13,14)(H,15,16);;;. The van der Waals surface area contributed by atoms with E-state index in [1.807, 2.05) is 0 Å². The van der Waals surface area contributed by atoms with Gasteiger partial charge in [-0.15, -0.1) is 0 Å². The van der Waals surface area contributed by atoms with Gasteiger partial charge in [0.2, 0.25) is 0 Å². The first-order valence-electron chi connectivity index (χ1n) is 5.86. The molecule has 5 heteroatoms. The van der Waals surface area contributed by atoms with E-state index in [1.54, 1.807) is 13.8 Å². The van der Waals surface area contributed by atoms with Gasteiger partial charge >= 0.3 is 60.8 Å². The van der Waals surface area contributed by atoms with Gasteiger partial charge in [-0.2, -0.15) is 0 Å². The van der Waals surface area contributed by atoms with E-state index in [1.165, 1.54) is 0 Å². The third kappa shape index (κ3) is 5.34. The fraction of sp³-hybridized carbons (Fsp3) is 0.833. The molecular weight excluding hydrogens is 345 g/mol. The molecule has 0 saturated carbocycles. The maximum absolute atomic E-state index is 11.2. The molecule has 0 bridgehead atoms. The fourth-order valence-corrected chi connectivity index (χ4v) is 1.92. The second-order valence-electron chi connectivity index (χ2n) is 4.55. The van der Waals surface area contributed by atoms with Crippen molar-refractivity contribution in [1.82, 2.24) is 0 Å². The van der Waals surface area contributed by atoms with Crippen LogP contribution in [0.15, 0.2) is 0 Å². The van der Waals surface area contributed by atoms with E-state index in [0.29, 0.717) is 6.42 Å². The normalized spacial score (nSPS) is 11.1. The average molecular weight is 370 g/mol. The van der Waals surface area contributed by atoms with Crippen LogP contribution in [0.2, 0.25) is 0 Å². The minimum absolute atomic E-state index is 0. The van der Waals surface area contributed by atoms with Gasteiger partial charge < -0.3 is 10.2 Å². The molecule has 0 heterocycles. The van der Waals surface area contributed by atoms with Crippen LogP contribution in [0.1, 0.15) is 52.9 Å². The van der Waals surface area contributed by atoms with Crippen molar-refractivity contribution in [1.29, 1.82) is 0 Å². The molecule has 0 aromatic carbocycles. The first kappa shape index (κ1) is 19.8. The Labute approximate surface area is 143 Å². The van der Waals surface area contributed by atoms with E-state index in [0.717, 1.165) is 19.3 Å². The number of carbonyl (C=O) groups is 2. The minimum atomic E-state index is -1.62. The zero-order chi connectivity index (χ0) is 12.8. The van der Waals surface area contributed by atoms with E-state index >= 15 is 0 Å². The summed E-state index contributed by atoms with van der Waals surface area (Å²) in [6.45, 7) is 5.37. The molecule has 0 rings (SSSR count). The third-order valence-electron chi connectivity index (χ3n) is 3.17. The summed E-state index contributed by atoms with van der Waals surface area (Å²) in [6, 6.07) is 0. The first-order valence-corrected chi connectivity index (χ1v) is 5.86. The maximum atomic E-state index is 11.2. The fourth-order valence-electron chi connectivity index (χ4n) is 1.92. The molecule has 0 aliphatic heterocycles. The molecule has 0 aliphatic rings. The van der Waals surface area contributed by atoms with Crippen LogP contribution in [0.25, 0.3) is 0 Å². The molecule has 4 nitrogen and oxygen atoms in total. The van der Waals surface area contributed by atoms with Crippen LogP contribution in [-0.2, 0) is 9.59 Å². The van der Waals surface area contributed by atoms with Crippen LogP contribution in [0.4, 0.5) is 0 Å². The number of carboxylic acids is 2. The Morgan fingerprint density at radius 1 is 1.06 bits per heavy atom. The first-order chi connectivity index (χ1) is 7.39. The van der Waals surface area contributed by atoms with Crippen molar-refractivity contribution in [2.45, 2.75) is 52.9 Å². The van der Waals surface area contributed by atoms with Crippen LogP contribution in [0, 0.1) is 11.3 Å². The molecule has 0 aliphatic carbocycles. The number of carboxylic acid groups (broad SMARTS) is 2. The quantitative estimate of drug-likeness (QED) is 0.389. The molecule has 0 fully saturated rings. The molecule has 0 spiro atoms. The summed E-state index contributed by atoms with van der Waals surface area (Å²) in [5.41, 5.74) is -1.62. The Balaban J connectivity index is 0. The Bertz CT molecular complexity index is 237. The zero-order valence-electron chi connectivity index (χ0n) is 10.3. The molecule has 0 saturated heterocycles. The number of hydrogen-bond acceptors (Lipinski definition) is 2. The van der Waals surface area contributed by atoms with Crippen LogP contribution < -0.4 is 0 Å². The van der Waals surface area contributed by atoms with Gasteiger partial charge in [0, 0.05) is 0 Å². The van der Waals surface area contributed by atoms with Crippen molar-refractivity contribution in [3.63, 3.8) is 0 Å². The zero-order valence-corrected chi connectivity index (χ0v) is 10.3. The third-order valence-corrected chi connectivity index (χ3v) is 3.17. The van der Waals surface area contributed by atoms with E-state index in [2.05, 4.69) is 6.92 Å². The van der Waals surface area contributed by atoms with Gasteiger partial charge in [0.1, 0.15) is 0 Å². The summed E-state index contributed by atoms with van der Waals surface area (Å²) in [5.74, 6) is -2.83. The second-order valence-corrected chi connectivity index (χ2v) is 4.55. The van der Waals surface area contributed by atoms with Crippen LogP contribution in [0.5, 0.6) is 0 Å². The number of aliphatic carboxylic acids is 2. The van der Waals surface area contributed by atoms with Gasteiger partial charge in [-0.25, -0.2) is 0 Å². The van der Waals surface area contributed by atoms with Gasteiger partial charge in [-0.1, -0.05) is 46.5 Å². The van der Waals surface area contributed by atoms with Crippen molar-refractivity contribution in [3.05, 3.63) is 0 Å². The van der Waals surface area contributed by atoms with E-state index in [-0.39, 0.29) is 55.3 Å². The van der Waals surface area contributed by atoms with E-state index in [4.69, 9.17) is 10.2 Å². The predicted octanol–water partition coefficient (Wildman–Crippen LogP) is 1.85. The van der Waals surface area contributed by atoms with Crippen molar-refractivity contribution in [3.8, 4) is 0 Å². The Hall–Kier alpha value is 0.511. The van der Waals surface area contributed by atoms with Gasteiger partial charge in [-0.05, 0) is 12.3 Å². The summed E-state index contributed by atoms with van der Waals surface area (Å²) < 4.78 is 0. The summed E-state index contributed by atoms with van der Waals surface area (Å²) in [4.78, 5) is 22.4. The Morgan fingerprint density at radius 2 is 1.53 bits per heavy atom. The SMILES string of the molecule is CCCCCCC(C(=O)O)(C(=O)O)C(C)C.[BaH2]. The summed E-state index contributed by atoms with van der Waals surface area (Å²) in [7, 11) is 0. The van der Waals surface area contributed by atoms with Gasteiger partial charge in [0.15, 0.2) is 5.41 Å². The van der Waals surface area contributed by atoms with Crippen LogP contribution in [0.3, 0.4) is 0 Å². The molecule has 0 unspecified atom stereocenters. The van der Waals surface area contributed by atoms with E-state index < -0.39 is 23.3 Å². The molecule has 0 atom stereocenters. The molecular formula is C12H24BaO4. The van der Waals surface area contributed by atoms with Gasteiger partial charge in [-0.3, -0.25) is 9.59 Å². The van der Waals surface area contributed by atoms with Crippen molar-refractivity contribution >= 4 is 60.8 Å². The van der Waals surface area contributed by atoms with Crippen LogP contribution >= 0.6 is 0 Å². The summed E-state index contributed by atoms with van der Waals surface area (Å²) in [6.07, 6.45) is 3.84. The average Bonchev–Trinajstić information content (AvgIpc) is 2.16. The molecule has 0 aromatic rings. The molecule has 17 heavy (non-hydrogen) atoms. The Morgan fingerprint density at radius 3 is 1.82 bits per heavy atom. The molecule has 2 N–H and O–H groups in total. The Kier molecular flexibility index (Phi) is 11.0. The molecule has 0 radical (unpaired) electrons. The summed E-state index contributed by atoms with van der Waals surface area (Å²) in [5, 5.41) is 18.3. The topological polar surface area (TPSA) is 74.6 Å². The van der Waals surface area contributed by atoms with Crippen LogP contribution in [-0.4, -0.2) is 71.0 Å². The van der Waals surface area contributed by atoms with Crippen molar-refractivity contribution in [2.75, 3.05) is 0 Å². The number of hydrogen-bond donors (Lipinski definition) is 2. The second kappa shape index (κ2) is 9.44. The summed E-state index contributed by atoms with van der Waals surface area (Å²) >= 11 is 0. The molecule has 0 aromatic heterocycles. The monoisotopic (exact) mass is 370 g/mol. The van der Waals surface area contributed by atoms with Gasteiger partial charge in [0.25, 0.3) is 0 Å². The molecule has 0 amide bonds. The van der Waals surface area contributed by atoms with Crippen molar-refractivity contribution < 1.29 is 19.8 Å². The number of unbranched alkanes of at least 4 members (excludes halogenated alkanes) is 3. The van der Waals surface area contributed by atoms with Crippen molar-refractivity contribution in [2.24, 2.45) is 11.3 Å². The number of rotatable bonds is 8. The van der Waals surface area contributed by atoms with Gasteiger partial charge in [0.05, 0.1) is 0 Å². The molecule has 98 valence electrons. The predicted molar refractivity (Wildman–Crippen MR) is 69.8 cm³/mol.